The predicted molar refractivity (Wildman–Crippen MR) is 109 cm³/mol. The monoisotopic (exact) mass is 433 g/mol. The van der Waals surface area contributed by atoms with Gasteiger partial charge in [-0.2, -0.15) is 13.2 Å². The topological polar surface area (TPSA) is 84.2 Å². The van der Waals surface area contributed by atoms with Crippen molar-refractivity contribution in [2.24, 2.45) is 0 Å². The van der Waals surface area contributed by atoms with E-state index in [1.54, 1.807) is 12.5 Å². The number of benzene rings is 2. The minimum absolute atomic E-state index is 0.0389. The van der Waals surface area contributed by atoms with Crippen LogP contribution in [-0.4, -0.2) is 32.7 Å². The summed E-state index contributed by atoms with van der Waals surface area (Å²) in [6.07, 6.45) is 2.20. The summed E-state index contributed by atoms with van der Waals surface area (Å²) in [6.45, 7) is 2.13. The van der Waals surface area contributed by atoms with E-state index in [9.17, 15) is 18.0 Å². The van der Waals surface area contributed by atoms with Gasteiger partial charge in [0, 0.05) is 23.6 Å². The molecule has 0 aliphatic carbocycles. The predicted octanol–water partition coefficient (Wildman–Crippen LogP) is 4.78. The molecule has 2 N–H and O–H groups in total. The van der Waals surface area contributed by atoms with Gasteiger partial charge in [-0.25, -0.2) is 9.78 Å². The Kier molecular flexibility index (Phi) is 8.36. The van der Waals surface area contributed by atoms with Gasteiger partial charge in [-0.05, 0) is 36.2 Å². The number of hydrogen-bond acceptors (Lipinski definition) is 3. The fourth-order valence-corrected chi connectivity index (χ4v) is 2.73. The van der Waals surface area contributed by atoms with Crippen LogP contribution in [0.25, 0.3) is 5.69 Å². The second kappa shape index (κ2) is 11.0. The molecule has 0 saturated carbocycles. The van der Waals surface area contributed by atoms with Crippen LogP contribution in [-0.2, 0) is 4.79 Å². The van der Waals surface area contributed by atoms with Crippen LogP contribution < -0.4 is 5.32 Å². The molecular weight excluding hydrogens is 411 g/mol. The van der Waals surface area contributed by atoms with Crippen LogP contribution >= 0.6 is 0 Å². The van der Waals surface area contributed by atoms with Crippen molar-refractivity contribution >= 4 is 11.9 Å². The van der Waals surface area contributed by atoms with Crippen molar-refractivity contribution in [2.75, 3.05) is 0 Å². The smallest absolute Gasteiger partial charge is 0.475 e. The molecule has 0 aliphatic rings. The molecule has 1 amide bonds. The first kappa shape index (κ1) is 23.7. The van der Waals surface area contributed by atoms with Crippen molar-refractivity contribution in [1.82, 2.24) is 14.9 Å². The van der Waals surface area contributed by atoms with E-state index in [0.29, 0.717) is 5.56 Å². The third-order valence-corrected chi connectivity index (χ3v) is 4.26. The van der Waals surface area contributed by atoms with E-state index in [-0.39, 0.29) is 11.9 Å². The van der Waals surface area contributed by atoms with Gasteiger partial charge in [0.2, 0.25) is 0 Å². The molecule has 1 atom stereocenters. The number of hydrogen-bond donors (Lipinski definition) is 2. The van der Waals surface area contributed by atoms with E-state index in [4.69, 9.17) is 9.90 Å². The standard InChI is InChI=1S/C20H21N3O.C2HF3O2/c1-2-6-19(16-7-4-3-5-8-16)22-20(24)17-9-11-18(12-10-17)23-14-13-21-15-23;3-2(4,5)1(6)7/h3-5,7-15,19H,2,6H2,1H3,(H,22,24);(H,6,7). The van der Waals surface area contributed by atoms with Crippen LogP contribution in [0.5, 0.6) is 0 Å². The average molecular weight is 433 g/mol. The molecule has 0 spiro atoms. The molecule has 3 rings (SSSR count). The summed E-state index contributed by atoms with van der Waals surface area (Å²) < 4.78 is 33.6. The van der Waals surface area contributed by atoms with Gasteiger partial charge in [0.15, 0.2) is 0 Å². The molecule has 0 aliphatic heterocycles. The molecule has 9 heteroatoms. The number of halogens is 3. The highest BCUT2D eigenvalue weighted by molar-refractivity contribution is 5.94. The maximum absolute atomic E-state index is 12.6. The summed E-state index contributed by atoms with van der Waals surface area (Å²) in [6, 6.07) is 17.7. The number of nitrogens with one attached hydrogen (secondary N) is 1. The number of alkyl halides is 3. The van der Waals surface area contributed by atoms with E-state index in [2.05, 4.69) is 29.4 Å². The Hall–Kier alpha value is -3.62. The van der Waals surface area contributed by atoms with Gasteiger partial charge in [0.1, 0.15) is 0 Å². The number of imidazole rings is 1. The highest BCUT2D eigenvalue weighted by atomic mass is 19.4. The first-order chi connectivity index (χ1) is 14.7. The van der Waals surface area contributed by atoms with Crippen molar-refractivity contribution in [3.05, 3.63) is 84.4 Å². The number of amides is 1. The number of carbonyl (C=O) groups is 2. The Morgan fingerprint density at radius 1 is 1.10 bits per heavy atom. The van der Waals surface area contributed by atoms with Gasteiger partial charge >= 0.3 is 12.1 Å². The summed E-state index contributed by atoms with van der Waals surface area (Å²) >= 11 is 0. The molecule has 0 saturated heterocycles. The molecule has 31 heavy (non-hydrogen) atoms. The molecule has 0 radical (unpaired) electrons. The van der Waals surface area contributed by atoms with E-state index < -0.39 is 12.1 Å². The number of aromatic nitrogens is 2. The third-order valence-electron chi connectivity index (χ3n) is 4.26. The van der Waals surface area contributed by atoms with E-state index >= 15 is 0 Å². The Morgan fingerprint density at radius 3 is 2.19 bits per heavy atom. The molecule has 0 bridgehead atoms. The van der Waals surface area contributed by atoms with Gasteiger partial charge in [0.05, 0.1) is 12.4 Å². The fraction of sp³-hybridized carbons (Fsp3) is 0.227. The molecule has 1 aromatic heterocycles. The normalized spacial score (nSPS) is 11.7. The van der Waals surface area contributed by atoms with Crippen molar-refractivity contribution in [1.29, 1.82) is 0 Å². The van der Waals surface area contributed by atoms with Gasteiger partial charge in [-0.15, -0.1) is 0 Å². The molecule has 6 nitrogen and oxygen atoms in total. The molecule has 1 heterocycles. The van der Waals surface area contributed by atoms with Gasteiger partial charge in [0.25, 0.3) is 5.91 Å². The Bertz CT molecular complexity index is 957. The van der Waals surface area contributed by atoms with Crippen LogP contribution in [0.2, 0.25) is 0 Å². The van der Waals surface area contributed by atoms with Crippen molar-refractivity contribution < 1.29 is 27.9 Å². The summed E-state index contributed by atoms with van der Waals surface area (Å²) in [5, 5.41) is 10.3. The lowest BCUT2D eigenvalue weighted by Crippen LogP contribution is -2.28. The second-order valence-electron chi connectivity index (χ2n) is 6.55. The zero-order valence-electron chi connectivity index (χ0n) is 16.7. The highest BCUT2D eigenvalue weighted by Crippen LogP contribution is 2.19. The maximum Gasteiger partial charge on any atom is 0.490 e. The van der Waals surface area contributed by atoms with Crippen molar-refractivity contribution in [2.45, 2.75) is 32.0 Å². The lowest BCUT2D eigenvalue weighted by Gasteiger charge is -2.18. The minimum atomic E-state index is -5.08. The maximum atomic E-state index is 12.6. The van der Waals surface area contributed by atoms with Crippen molar-refractivity contribution in [3.63, 3.8) is 0 Å². The van der Waals surface area contributed by atoms with Crippen molar-refractivity contribution in [3.8, 4) is 5.69 Å². The zero-order chi connectivity index (χ0) is 22.9. The molecule has 3 aromatic rings. The van der Waals surface area contributed by atoms with E-state index in [1.807, 2.05) is 53.2 Å². The van der Waals surface area contributed by atoms with Gasteiger partial charge in [-0.3, -0.25) is 4.79 Å². The summed E-state index contributed by atoms with van der Waals surface area (Å²) in [4.78, 5) is 25.5. The minimum Gasteiger partial charge on any atom is -0.475 e. The lowest BCUT2D eigenvalue weighted by atomic mass is 10.0. The number of carboxylic acids is 1. The zero-order valence-corrected chi connectivity index (χ0v) is 16.7. The number of carbonyl (C=O) groups excluding carboxylic acids is 1. The molecule has 1 unspecified atom stereocenters. The quantitative estimate of drug-likeness (QED) is 0.586. The Balaban J connectivity index is 0.000000423. The van der Waals surface area contributed by atoms with Crippen LogP contribution in [0.1, 0.15) is 41.7 Å². The third kappa shape index (κ3) is 7.29. The molecule has 0 fully saturated rings. The molecule has 2 aromatic carbocycles. The van der Waals surface area contributed by atoms with Crippen LogP contribution in [0.4, 0.5) is 13.2 Å². The summed E-state index contributed by atoms with van der Waals surface area (Å²) in [5.74, 6) is -2.80. The van der Waals surface area contributed by atoms with E-state index in [0.717, 1.165) is 24.1 Å². The van der Waals surface area contributed by atoms with E-state index in [1.165, 1.54) is 0 Å². The largest absolute Gasteiger partial charge is 0.490 e. The van der Waals surface area contributed by atoms with Crippen LogP contribution in [0.15, 0.2) is 73.3 Å². The SMILES string of the molecule is CCCC(NC(=O)c1ccc(-n2ccnc2)cc1)c1ccccc1.O=C(O)C(F)(F)F. The second-order valence-corrected chi connectivity index (χ2v) is 6.55. The molecule has 164 valence electrons. The average Bonchev–Trinajstić information content (AvgIpc) is 3.29. The Labute approximate surface area is 177 Å². The number of nitrogens with zero attached hydrogens (tertiary/aromatic N) is 2. The Morgan fingerprint density at radius 2 is 1.71 bits per heavy atom. The fourth-order valence-electron chi connectivity index (χ4n) is 2.73. The van der Waals surface area contributed by atoms with Gasteiger partial charge in [-0.1, -0.05) is 43.7 Å². The summed E-state index contributed by atoms with van der Waals surface area (Å²) in [7, 11) is 0. The first-order valence-electron chi connectivity index (χ1n) is 9.46. The number of carboxylic acid groups (broad SMARTS) is 1. The lowest BCUT2D eigenvalue weighted by molar-refractivity contribution is -0.192. The highest BCUT2D eigenvalue weighted by Gasteiger charge is 2.38. The van der Waals surface area contributed by atoms with Gasteiger partial charge < -0.3 is 15.0 Å². The summed E-state index contributed by atoms with van der Waals surface area (Å²) in [5.41, 5.74) is 2.79. The molecular formula is C22H22F3N3O3. The first-order valence-corrected chi connectivity index (χ1v) is 9.46. The number of rotatable bonds is 6. The van der Waals surface area contributed by atoms with Crippen LogP contribution in [0.3, 0.4) is 0 Å². The number of aliphatic carboxylic acids is 1. The van der Waals surface area contributed by atoms with Crippen LogP contribution in [0, 0.1) is 0 Å².